The first-order valence-electron chi connectivity index (χ1n) is 8.85. The first-order valence-corrected chi connectivity index (χ1v) is 8.85. The van der Waals surface area contributed by atoms with Crippen LogP contribution in [0.5, 0.6) is 0 Å². The first-order chi connectivity index (χ1) is 11.5. The number of nitrogens with zero attached hydrogens (tertiary/aromatic N) is 2. The number of carbonyl (C=O) groups excluding carboxylic acids is 1. The van der Waals surface area contributed by atoms with E-state index in [2.05, 4.69) is 37.2 Å². The molecule has 4 nitrogen and oxygen atoms in total. The zero-order valence-corrected chi connectivity index (χ0v) is 14.6. The van der Waals surface area contributed by atoms with Crippen LogP contribution < -0.4 is 0 Å². The van der Waals surface area contributed by atoms with Gasteiger partial charge in [-0.05, 0) is 62.6 Å². The summed E-state index contributed by atoms with van der Waals surface area (Å²) in [6, 6.07) is 8.65. The van der Waals surface area contributed by atoms with Crippen molar-refractivity contribution in [2.75, 3.05) is 6.54 Å². The number of amides is 1. The van der Waals surface area contributed by atoms with Gasteiger partial charge < -0.3 is 9.42 Å². The van der Waals surface area contributed by atoms with Crippen LogP contribution in [0.2, 0.25) is 0 Å². The van der Waals surface area contributed by atoms with Gasteiger partial charge in [0.05, 0.1) is 6.04 Å². The maximum absolute atomic E-state index is 13.0. The quantitative estimate of drug-likeness (QED) is 0.855. The van der Waals surface area contributed by atoms with E-state index >= 15 is 0 Å². The van der Waals surface area contributed by atoms with Crippen molar-refractivity contribution >= 4 is 5.91 Å². The van der Waals surface area contributed by atoms with Crippen LogP contribution in [0.25, 0.3) is 0 Å². The molecule has 1 amide bonds. The van der Waals surface area contributed by atoms with Crippen molar-refractivity contribution in [3.63, 3.8) is 0 Å². The summed E-state index contributed by atoms with van der Waals surface area (Å²) in [7, 11) is 0. The van der Waals surface area contributed by atoms with Gasteiger partial charge >= 0.3 is 0 Å². The van der Waals surface area contributed by atoms with Gasteiger partial charge in [0.25, 0.3) is 0 Å². The minimum absolute atomic E-state index is 0.0935. The third kappa shape index (κ3) is 2.64. The predicted molar refractivity (Wildman–Crippen MR) is 91.7 cm³/mol. The summed E-state index contributed by atoms with van der Waals surface area (Å²) in [4.78, 5) is 15.0. The van der Waals surface area contributed by atoms with Crippen LogP contribution in [0.3, 0.4) is 0 Å². The van der Waals surface area contributed by atoms with Crippen LogP contribution >= 0.6 is 0 Å². The fourth-order valence-electron chi connectivity index (χ4n) is 3.93. The van der Waals surface area contributed by atoms with Crippen molar-refractivity contribution < 1.29 is 9.32 Å². The molecule has 1 aromatic heterocycles. The molecule has 0 spiro atoms. The standard InChI is InChI=1S/C20H24N2O2/c1-12-6-7-15(9-13(12)2)16-11-17(16)20(23)22-8-4-5-19(22)18-10-14(3)24-21-18/h6-7,9-10,16-17,19H,4-5,8,11H2,1-3H3/t16-,17-,19-/m0/s1. The highest BCUT2D eigenvalue weighted by Crippen LogP contribution is 2.50. The van der Waals surface area contributed by atoms with E-state index in [1.54, 1.807) is 0 Å². The van der Waals surface area contributed by atoms with Crippen LogP contribution in [-0.4, -0.2) is 22.5 Å². The molecule has 3 atom stereocenters. The number of aryl methyl sites for hydroxylation is 3. The van der Waals surface area contributed by atoms with E-state index in [9.17, 15) is 4.79 Å². The highest BCUT2D eigenvalue weighted by molar-refractivity contribution is 5.83. The molecule has 4 rings (SSSR count). The molecule has 126 valence electrons. The SMILES string of the molecule is Cc1cc([C@@H]2CCCN2C(=O)[C@H]2C[C@H]2c2ccc(C)c(C)c2)no1. The van der Waals surface area contributed by atoms with Gasteiger partial charge in [0.1, 0.15) is 11.5 Å². The average Bonchev–Trinajstić information content (AvgIpc) is 2.99. The summed E-state index contributed by atoms with van der Waals surface area (Å²) in [5.74, 6) is 1.63. The molecule has 1 saturated carbocycles. The van der Waals surface area contributed by atoms with Crippen molar-refractivity contribution in [1.82, 2.24) is 10.1 Å². The molecule has 1 aliphatic heterocycles. The monoisotopic (exact) mass is 324 g/mol. The van der Waals surface area contributed by atoms with Crippen LogP contribution in [0.4, 0.5) is 0 Å². The lowest BCUT2D eigenvalue weighted by molar-refractivity contribution is -0.133. The first kappa shape index (κ1) is 15.4. The lowest BCUT2D eigenvalue weighted by Gasteiger charge is -2.23. The topological polar surface area (TPSA) is 46.3 Å². The number of rotatable bonds is 3. The van der Waals surface area contributed by atoms with Crippen molar-refractivity contribution in [2.45, 2.75) is 52.0 Å². The summed E-state index contributed by atoms with van der Waals surface area (Å²) >= 11 is 0. The minimum Gasteiger partial charge on any atom is -0.361 e. The molecule has 0 N–H and O–H groups in total. The second-order valence-corrected chi connectivity index (χ2v) is 7.34. The van der Waals surface area contributed by atoms with Crippen LogP contribution in [0.15, 0.2) is 28.8 Å². The number of carbonyl (C=O) groups is 1. The number of likely N-dealkylation sites (tertiary alicyclic amines) is 1. The number of hydrogen-bond acceptors (Lipinski definition) is 3. The second kappa shape index (κ2) is 5.76. The molecule has 1 aromatic carbocycles. The highest BCUT2D eigenvalue weighted by Gasteiger charge is 2.48. The molecule has 1 saturated heterocycles. The Hall–Kier alpha value is -2.10. The lowest BCUT2D eigenvalue weighted by Crippen LogP contribution is -2.32. The van der Waals surface area contributed by atoms with Gasteiger partial charge in [-0.1, -0.05) is 23.4 Å². The fraction of sp³-hybridized carbons (Fsp3) is 0.500. The maximum atomic E-state index is 13.0. The molecule has 4 heteroatoms. The van der Waals surface area contributed by atoms with Gasteiger partial charge in [-0.3, -0.25) is 4.79 Å². The predicted octanol–water partition coefficient (Wildman–Crippen LogP) is 4.07. The summed E-state index contributed by atoms with van der Waals surface area (Å²) in [5.41, 5.74) is 4.83. The van der Waals surface area contributed by atoms with E-state index in [1.807, 2.05) is 17.9 Å². The Bertz CT molecular complexity index is 780. The third-order valence-electron chi connectivity index (χ3n) is 5.59. The second-order valence-electron chi connectivity index (χ2n) is 7.34. The molecule has 24 heavy (non-hydrogen) atoms. The molecule has 2 heterocycles. The van der Waals surface area contributed by atoms with Crippen LogP contribution in [0, 0.1) is 26.7 Å². The molecule has 2 fully saturated rings. The number of benzene rings is 1. The Morgan fingerprint density at radius 3 is 2.75 bits per heavy atom. The largest absolute Gasteiger partial charge is 0.361 e. The van der Waals surface area contributed by atoms with E-state index < -0.39 is 0 Å². The Morgan fingerprint density at radius 1 is 1.21 bits per heavy atom. The summed E-state index contributed by atoms with van der Waals surface area (Å²) < 4.78 is 5.21. The van der Waals surface area contributed by atoms with Crippen molar-refractivity contribution in [1.29, 1.82) is 0 Å². The van der Waals surface area contributed by atoms with Gasteiger partial charge in [0, 0.05) is 18.5 Å². The van der Waals surface area contributed by atoms with Crippen molar-refractivity contribution in [3.05, 3.63) is 52.4 Å². The summed E-state index contributed by atoms with van der Waals surface area (Å²) in [6.45, 7) is 7.00. The Kier molecular flexibility index (Phi) is 3.70. The fourth-order valence-corrected chi connectivity index (χ4v) is 3.93. The summed E-state index contributed by atoms with van der Waals surface area (Å²) in [5, 5.41) is 4.14. The Balaban J connectivity index is 1.49. The molecule has 0 unspecified atom stereocenters. The lowest BCUT2D eigenvalue weighted by atomic mass is 10.0. The van der Waals surface area contributed by atoms with Gasteiger partial charge in [-0.15, -0.1) is 0 Å². The molecule has 0 bridgehead atoms. The molecular weight excluding hydrogens is 300 g/mol. The van der Waals surface area contributed by atoms with Crippen molar-refractivity contribution in [3.8, 4) is 0 Å². The van der Waals surface area contributed by atoms with E-state index in [0.29, 0.717) is 11.8 Å². The zero-order chi connectivity index (χ0) is 16.8. The van der Waals surface area contributed by atoms with E-state index in [1.165, 1.54) is 16.7 Å². The van der Waals surface area contributed by atoms with Gasteiger partial charge in [-0.2, -0.15) is 0 Å². The minimum atomic E-state index is 0.0935. The van der Waals surface area contributed by atoms with E-state index in [0.717, 1.165) is 37.3 Å². The van der Waals surface area contributed by atoms with Crippen LogP contribution in [-0.2, 0) is 4.79 Å². The molecule has 2 aliphatic rings. The van der Waals surface area contributed by atoms with E-state index in [-0.39, 0.29) is 12.0 Å². The van der Waals surface area contributed by atoms with E-state index in [4.69, 9.17) is 4.52 Å². The summed E-state index contributed by atoms with van der Waals surface area (Å²) in [6.07, 6.45) is 3.00. The normalized spacial score (nSPS) is 26.0. The van der Waals surface area contributed by atoms with Crippen LogP contribution in [0.1, 0.15) is 59.4 Å². The van der Waals surface area contributed by atoms with Gasteiger partial charge in [0.15, 0.2) is 0 Å². The molecular formula is C20H24N2O2. The molecule has 0 radical (unpaired) electrons. The van der Waals surface area contributed by atoms with Gasteiger partial charge in [0.2, 0.25) is 5.91 Å². The number of aromatic nitrogens is 1. The zero-order valence-electron chi connectivity index (χ0n) is 14.6. The highest BCUT2D eigenvalue weighted by atomic mass is 16.5. The smallest absolute Gasteiger partial charge is 0.226 e. The van der Waals surface area contributed by atoms with Crippen molar-refractivity contribution in [2.24, 2.45) is 5.92 Å². The maximum Gasteiger partial charge on any atom is 0.226 e. The third-order valence-corrected chi connectivity index (χ3v) is 5.59. The Labute approximate surface area is 142 Å². The Morgan fingerprint density at radius 2 is 2.04 bits per heavy atom. The van der Waals surface area contributed by atoms with Gasteiger partial charge in [-0.25, -0.2) is 0 Å². The molecule has 2 aromatic rings. The number of hydrogen-bond donors (Lipinski definition) is 0. The molecule has 1 aliphatic carbocycles. The average molecular weight is 324 g/mol.